The number of hydrogen-bond acceptors (Lipinski definition) is 3. The van der Waals surface area contributed by atoms with Gasteiger partial charge in [-0.1, -0.05) is 24.3 Å². The molecule has 0 aromatic heterocycles. The number of carbonyl (C=O) groups excluding carboxylic acids is 1. The van der Waals surface area contributed by atoms with Gasteiger partial charge in [0, 0.05) is 19.3 Å². The third-order valence-electron chi connectivity index (χ3n) is 2.78. The van der Waals surface area contributed by atoms with Gasteiger partial charge in [-0.05, 0) is 25.0 Å². The number of carbonyl (C=O) groups is 1. The van der Waals surface area contributed by atoms with Crippen LogP contribution < -0.4 is 10.6 Å². The Morgan fingerprint density at radius 3 is 2.89 bits per heavy atom. The summed E-state index contributed by atoms with van der Waals surface area (Å²) in [6, 6.07) is 7.66. The molecule has 0 bridgehead atoms. The zero-order valence-corrected chi connectivity index (χ0v) is 11.6. The molecule has 19 heavy (non-hydrogen) atoms. The van der Waals surface area contributed by atoms with E-state index in [9.17, 15) is 4.79 Å². The van der Waals surface area contributed by atoms with Gasteiger partial charge >= 0.3 is 0 Å². The van der Waals surface area contributed by atoms with Crippen molar-refractivity contribution in [3.63, 3.8) is 0 Å². The van der Waals surface area contributed by atoms with Crippen molar-refractivity contribution in [1.82, 2.24) is 5.32 Å². The molecule has 1 aromatic rings. The van der Waals surface area contributed by atoms with Gasteiger partial charge in [-0.2, -0.15) is 0 Å². The lowest BCUT2D eigenvalue weighted by Gasteiger charge is -2.17. The molecular formula is C15H22N2O2. The maximum atomic E-state index is 11.8. The van der Waals surface area contributed by atoms with Gasteiger partial charge in [-0.15, -0.1) is 6.58 Å². The number of para-hydroxylation sites is 1. The van der Waals surface area contributed by atoms with E-state index in [2.05, 4.69) is 17.2 Å². The SMILES string of the molecule is C=CCNC(=O)C(C)Nc1ccccc1CCOC. The minimum absolute atomic E-state index is 0.0403. The number of amides is 1. The van der Waals surface area contributed by atoms with E-state index in [1.807, 2.05) is 31.2 Å². The van der Waals surface area contributed by atoms with E-state index in [0.717, 1.165) is 17.7 Å². The largest absolute Gasteiger partial charge is 0.384 e. The monoisotopic (exact) mass is 262 g/mol. The molecule has 0 spiro atoms. The van der Waals surface area contributed by atoms with Crippen molar-refractivity contribution in [2.45, 2.75) is 19.4 Å². The molecule has 0 aliphatic carbocycles. The first-order valence-corrected chi connectivity index (χ1v) is 6.41. The van der Waals surface area contributed by atoms with Crippen LogP contribution in [0.3, 0.4) is 0 Å². The van der Waals surface area contributed by atoms with Crippen LogP contribution in [0.25, 0.3) is 0 Å². The van der Waals surface area contributed by atoms with Gasteiger partial charge in [0.05, 0.1) is 6.61 Å². The Morgan fingerprint density at radius 1 is 1.47 bits per heavy atom. The molecule has 1 unspecified atom stereocenters. The molecule has 1 rings (SSSR count). The van der Waals surface area contributed by atoms with Crippen molar-refractivity contribution in [3.8, 4) is 0 Å². The molecule has 4 nitrogen and oxygen atoms in total. The van der Waals surface area contributed by atoms with Crippen molar-refractivity contribution >= 4 is 11.6 Å². The Morgan fingerprint density at radius 2 is 2.21 bits per heavy atom. The van der Waals surface area contributed by atoms with E-state index in [0.29, 0.717) is 13.2 Å². The van der Waals surface area contributed by atoms with E-state index in [4.69, 9.17) is 4.74 Å². The molecule has 104 valence electrons. The van der Waals surface area contributed by atoms with Crippen LogP contribution in [-0.4, -0.2) is 32.2 Å². The molecule has 4 heteroatoms. The highest BCUT2D eigenvalue weighted by Gasteiger charge is 2.12. The highest BCUT2D eigenvalue weighted by molar-refractivity contribution is 5.84. The average molecular weight is 262 g/mol. The summed E-state index contributed by atoms with van der Waals surface area (Å²) in [4.78, 5) is 11.8. The standard InChI is InChI=1S/C15H22N2O2/c1-4-10-16-15(18)12(2)17-14-8-6-5-7-13(14)9-11-19-3/h4-8,12,17H,1,9-11H2,2-3H3,(H,16,18). The smallest absolute Gasteiger partial charge is 0.242 e. The van der Waals surface area contributed by atoms with Crippen LogP contribution in [0, 0.1) is 0 Å². The number of hydrogen-bond donors (Lipinski definition) is 2. The normalized spacial score (nSPS) is 11.7. The molecule has 1 amide bonds. The van der Waals surface area contributed by atoms with E-state index in [1.54, 1.807) is 13.2 Å². The minimum atomic E-state index is -0.288. The van der Waals surface area contributed by atoms with Crippen molar-refractivity contribution in [3.05, 3.63) is 42.5 Å². The summed E-state index contributed by atoms with van der Waals surface area (Å²) >= 11 is 0. The molecule has 0 saturated carbocycles. The first-order valence-electron chi connectivity index (χ1n) is 6.41. The van der Waals surface area contributed by atoms with Crippen molar-refractivity contribution in [2.24, 2.45) is 0 Å². The molecule has 0 heterocycles. The first-order chi connectivity index (χ1) is 9.19. The first kappa shape index (κ1) is 15.2. The summed E-state index contributed by atoms with van der Waals surface area (Å²) in [7, 11) is 1.68. The third-order valence-corrected chi connectivity index (χ3v) is 2.78. The van der Waals surface area contributed by atoms with Gasteiger partial charge < -0.3 is 15.4 Å². The predicted molar refractivity (Wildman–Crippen MR) is 78.3 cm³/mol. The summed E-state index contributed by atoms with van der Waals surface area (Å²) < 4.78 is 5.09. The van der Waals surface area contributed by atoms with E-state index in [1.165, 1.54) is 0 Å². The molecule has 2 N–H and O–H groups in total. The van der Waals surface area contributed by atoms with Crippen LogP contribution in [0.1, 0.15) is 12.5 Å². The summed E-state index contributed by atoms with van der Waals surface area (Å²) in [5.41, 5.74) is 2.12. The maximum Gasteiger partial charge on any atom is 0.242 e. The zero-order chi connectivity index (χ0) is 14.1. The summed E-state index contributed by atoms with van der Waals surface area (Å²) in [6.07, 6.45) is 2.48. The summed E-state index contributed by atoms with van der Waals surface area (Å²) in [5.74, 6) is -0.0403. The molecule has 0 fully saturated rings. The second-order valence-corrected chi connectivity index (χ2v) is 4.30. The molecule has 0 aliphatic rings. The van der Waals surface area contributed by atoms with E-state index < -0.39 is 0 Å². The van der Waals surface area contributed by atoms with E-state index in [-0.39, 0.29) is 11.9 Å². The summed E-state index contributed by atoms with van der Waals surface area (Å²) in [5, 5.41) is 6.00. The van der Waals surface area contributed by atoms with Crippen LogP contribution >= 0.6 is 0 Å². The second-order valence-electron chi connectivity index (χ2n) is 4.30. The Labute approximate surface area is 114 Å². The number of methoxy groups -OCH3 is 1. The predicted octanol–water partition coefficient (Wildman–Crippen LogP) is 1.98. The molecule has 1 aromatic carbocycles. The number of rotatable bonds is 8. The Balaban J connectivity index is 2.64. The Kier molecular flexibility index (Phi) is 6.68. The quantitative estimate of drug-likeness (QED) is 0.704. The molecule has 1 atom stereocenters. The van der Waals surface area contributed by atoms with Crippen LogP contribution in [0.15, 0.2) is 36.9 Å². The van der Waals surface area contributed by atoms with Crippen LogP contribution in [0.5, 0.6) is 0 Å². The number of ether oxygens (including phenoxy) is 1. The van der Waals surface area contributed by atoms with Crippen LogP contribution in [0.4, 0.5) is 5.69 Å². The van der Waals surface area contributed by atoms with Gasteiger partial charge in [-0.3, -0.25) is 4.79 Å². The lowest BCUT2D eigenvalue weighted by molar-refractivity contribution is -0.121. The van der Waals surface area contributed by atoms with Crippen LogP contribution in [-0.2, 0) is 16.0 Å². The molecular weight excluding hydrogens is 240 g/mol. The Hall–Kier alpha value is -1.81. The molecule has 0 saturated heterocycles. The summed E-state index contributed by atoms with van der Waals surface area (Å²) in [6.45, 7) is 6.56. The number of benzene rings is 1. The highest BCUT2D eigenvalue weighted by Crippen LogP contribution is 2.16. The Bertz CT molecular complexity index is 418. The van der Waals surface area contributed by atoms with Gasteiger partial charge in [0.1, 0.15) is 6.04 Å². The molecule has 0 aliphatic heterocycles. The average Bonchev–Trinajstić information content (AvgIpc) is 2.43. The van der Waals surface area contributed by atoms with Gasteiger partial charge in [-0.25, -0.2) is 0 Å². The van der Waals surface area contributed by atoms with Gasteiger partial charge in [0.25, 0.3) is 0 Å². The van der Waals surface area contributed by atoms with Crippen molar-refractivity contribution in [2.75, 3.05) is 25.6 Å². The number of nitrogens with one attached hydrogen (secondary N) is 2. The van der Waals surface area contributed by atoms with Gasteiger partial charge in [0.15, 0.2) is 0 Å². The second kappa shape index (κ2) is 8.32. The fourth-order valence-electron chi connectivity index (χ4n) is 1.72. The third kappa shape index (κ3) is 5.14. The fourth-order valence-corrected chi connectivity index (χ4v) is 1.72. The lowest BCUT2D eigenvalue weighted by Crippen LogP contribution is -2.37. The van der Waals surface area contributed by atoms with E-state index >= 15 is 0 Å². The van der Waals surface area contributed by atoms with Crippen molar-refractivity contribution < 1.29 is 9.53 Å². The van der Waals surface area contributed by atoms with Gasteiger partial charge in [0.2, 0.25) is 5.91 Å². The van der Waals surface area contributed by atoms with Crippen molar-refractivity contribution in [1.29, 1.82) is 0 Å². The minimum Gasteiger partial charge on any atom is -0.384 e. The number of anilines is 1. The highest BCUT2D eigenvalue weighted by atomic mass is 16.5. The maximum absolute atomic E-state index is 11.8. The lowest BCUT2D eigenvalue weighted by atomic mass is 10.1. The fraction of sp³-hybridized carbons (Fsp3) is 0.400. The molecule has 0 radical (unpaired) electrons. The van der Waals surface area contributed by atoms with Crippen LogP contribution in [0.2, 0.25) is 0 Å². The topological polar surface area (TPSA) is 50.4 Å². The zero-order valence-electron chi connectivity index (χ0n) is 11.6.